The van der Waals surface area contributed by atoms with E-state index in [1.807, 2.05) is 0 Å². The number of hydrogen-bond acceptors (Lipinski definition) is 2. The molecule has 2 fully saturated rings. The van der Waals surface area contributed by atoms with Gasteiger partial charge in [-0.1, -0.05) is 19.3 Å². The summed E-state index contributed by atoms with van der Waals surface area (Å²) in [5, 5.41) is 0. The number of hydrogen-bond donors (Lipinski definition) is 0. The van der Waals surface area contributed by atoms with E-state index in [2.05, 4.69) is 18.7 Å². The number of likely N-dealkylation sites (tertiary alicyclic amines) is 1. The summed E-state index contributed by atoms with van der Waals surface area (Å²) in [6.45, 7) is 6.37. The first-order chi connectivity index (χ1) is 7.59. The van der Waals surface area contributed by atoms with Crippen molar-refractivity contribution in [2.24, 2.45) is 5.92 Å². The maximum atomic E-state index is 12.2. The third-order valence-electron chi connectivity index (χ3n) is 4.48. The number of Topliss-reactive ketones (excluding diaryl/α,β-unsaturated/α-hetero) is 1. The standard InChI is InChI=1S/C14H25NO/c1-14(2)9-6-10-15(14)11-13(16)12-7-4-3-5-8-12/h12H,3-11H2,1-2H3. The van der Waals surface area contributed by atoms with Gasteiger partial charge in [-0.15, -0.1) is 0 Å². The van der Waals surface area contributed by atoms with E-state index in [4.69, 9.17) is 0 Å². The normalized spacial score (nSPS) is 27.1. The number of nitrogens with zero attached hydrogens (tertiary/aromatic N) is 1. The molecule has 0 aromatic carbocycles. The first kappa shape index (κ1) is 12.1. The molecular weight excluding hydrogens is 198 g/mol. The van der Waals surface area contributed by atoms with Crippen molar-refractivity contribution in [3.8, 4) is 0 Å². The van der Waals surface area contributed by atoms with E-state index in [1.54, 1.807) is 0 Å². The third kappa shape index (κ3) is 2.65. The summed E-state index contributed by atoms with van der Waals surface area (Å²) < 4.78 is 0. The van der Waals surface area contributed by atoms with E-state index < -0.39 is 0 Å². The van der Waals surface area contributed by atoms with Crippen molar-refractivity contribution in [1.29, 1.82) is 0 Å². The van der Waals surface area contributed by atoms with Crippen molar-refractivity contribution >= 4 is 5.78 Å². The SMILES string of the molecule is CC1(C)CCCN1CC(=O)C1CCCCC1. The van der Waals surface area contributed by atoms with Gasteiger partial charge in [0.25, 0.3) is 0 Å². The smallest absolute Gasteiger partial charge is 0.149 e. The second-order valence-corrected chi connectivity index (χ2v) is 6.14. The minimum atomic E-state index is 0.254. The minimum absolute atomic E-state index is 0.254. The quantitative estimate of drug-likeness (QED) is 0.733. The molecular formula is C14H25NO. The zero-order valence-corrected chi connectivity index (χ0v) is 10.8. The zero-order valence-electron chi connectivity index (χ0n) is 10.8. The van der Waals surface area contributed by atoms with Crippen molar-refractivity contribution in [3.63, 3.8) is 0 Å². The van der Waals surface area contributed by atoms with Crippen molar-refractivity contribution < 1.29 is 4.79 Å². The molecule has 0 bridgehead atoms. The van der Waals surface area contributed by atoms with Crippen LogP contribution in [0.2, 0.25) is 0 Å². The van der Waals surface area contributed by atoms with E-state index in [1.165, 1.54) is 32.1 Å². The van der Waals surface area contributed by atoms with Crippen LogP contribution in [-0.4, -0.2) is 29.3 Å². The fourth-order valence-corrected chi connectivity index (χ4v) is 3.20. The van der Waals surface area contributed by atoms with Gasteiger partial charge in [-0.05, 0) is 46.1 Å². The van der Waals surface area contributed by atoms with E-state index in [9.17, 15) is 4.79 Å². The monoisotopic (exact) mass is 223 g/mol. The molecule has 1 heterocycles. The lowest BCUT2D eigenvalue weighted by molar-refractivity contribution is -0.125. The van der Waals surface area contributed by atoms with Gasteiger partial charge in [0.2, 0.25) is 0 Å². The lowest BCUT2D eigenvalue weighted by Crippen LogP contribution is -2.43. The highest BCUT2D eigenvalue weighted by Crippen LogP contribution is 2.30. The van der Waals surface area contributed by atoms with Crippen LogP contribution in [0.1, 0.15) is 58.8 Å². The second kappa shape index (κ2) is 4.87. The molecule has 1 saturated carbocycles. The number of carbonyl (C=O) groups excluding carboxylic acids is 1. The summed E-state index contributed by atoms with van der Waals surface area (Å²) in [4.78, 5) is 14.6. The molecule has 0 atom stereocenters. The van der Waals surface area contributed by atoms with Gasteiger partial charge < -0.3 is 0 Å². The summed E-state index contributed by atoms with van der Waals surface area (Å²) in [6, 6.07) is 0. The first-order valence-corrected chi connectivity index (χ1v) is 6.87. The lowest BCUT2D eigenvalue weighted by atomic mass is 9.86. The molecule has 2 nitrogen and oxygen atoms in total. The topological polar surface area (TPSA) is 20.3 Å². The van der Waals surface area contributed by atoms with Gasteiger partial charge >= 0.3 is 0 Å². The van der Waals surface area contributed by atoms with E-state index in [-0.39, 0.29) is 5.54 Å². The van der Waals surface area contributed by atoms with Gasteiger partial charge in [0.15, 0.2) is 0 Å². The predicted octanol–water partition coefficient (Wildman–Crippen LogP) is 3.01. The Morgan fingerprint density at radius 2 is 1.88 bits per heavy atom. The number of ketones is 1. The average Bonchev–Trinajstić information content (AvgIpc) is 2.59. The lowest BCUT2D eigenvalue weighted by Gasteiger charge is -2.32. The van der Waals surface area contributed by atoms with Crippen LogP contribution in [0.4, 0.5) is 0 Å². The summed E-state index contributed by atoms with van der Waals surface area (Å²) in [7, 11) is 0. The van der Waals surface area contributed by atoms with Crippen molar-refractivity contribution in [1.82, 2.24) is 4.90 Å². The van der Waals surface area contributed by atoms with Crippen LogP contribution in [0.5, 0.6) is 0 Å². The molecule has 2 aliphatic rings. The van der Waals surface area contributed by atoms with Crippen LogP contribution < -0.4 is 0 Å². The van der Waals surface area contributed by atoms with Crippen LogP contribution in [-0.2, 0) is 4.79 Å². The Labute approximate surface area is 99.4 Å². The van der Waals surface area contributed by atoms with E-state index >= 15 is 0 Å². The molecule has 1 saturated heterocycles. The Hall–Kier alpha value is -0.370. The fourth-order valence-electron chi connectivity index (χ4n) is 3.20. The maximum Gasteiger partial charge on any atom is 0.149 e. The Bertz CT molecular complexity index is 253. The highest BCUT2D eigenvalue weighted by Gasteiger charge is 2.34. The molecule has 2 heteroatoms. The summed E-state index contributed by atoms with van der Waals surface area (Å²) in [6.07, 6.45) is 8.65. The third-order valence-corrected chi connectivity index (χ3v) is 4.48. The molecule has 0 spiro atoms. The second-order valence-electron chi connectivity index (χ2n) is 6.14. The van der Waals surface area contributed by atoms with Gasteiger partial charge in [-0.3, -0.25) is 9.69 Å². The van der Waals surface area contributed by atoms with Gasteiger partial charge in [-0.25, -0.2) is 0 Å². The van der Waals surface area contributed by atoms with E-state index in [0.29, 0.717) is 18.2 Å². The summed E-state index contributed by atoms with van der Waals surface area (Å²) >= 11 is 0. The average molecular weight is 223 g/mol. The number of carbonyl (C=O) groups is 1. The van der Waals surface area contributed by atoms with Gasteiger partial charge in [-0.2, -0.15) is 0 Å². The molecule has 16 heavy (non-hydrogen) atoms. The fraction of sp³-hybridized carbons (Fsp3) is 0.929. The molecule has 0 radical (unpaired) electrons. The molecule has 0 amide bonds. The Balaban J connectivity index is 1.86. The maximum absolute atomic E-state index is 12.2. The highest BCUT2D eigenvalue weighted by atomic mass is 16.1. The molecule has 1 aliphatic carbocycles. The Kier molecular flexibility index (Phi) is 3.68. The van der Waals surface area contributed by atoms with Crippen molar-refractivity contribution in [3.05, 3.63) is 0 Å². The van der Waals surface area contributed by atoms with Gasteiger partial charge in [0, 0.05) is 11.5 Å². The van der Waals surface area contributed by atoms with Crippen LogP contribution in [0.25, 0.3) is 0 Å². The van der Waals surface area contributed by atoms with E-state index in [0.717, 1.165) is 19.4 Å². The molecule has 1 aliphatic heterocycles. The molecule has 0 unspecified atom stereocenters. The Morgan fingerprint density at radius 1 is 1.19 bits per heavy atom. The minimum Gasteiger partial charge on any atom is -0.298 e. The largest absolute Gasteiger partial charge is 0.298 e. The summed E-state index contributed by atoms with van der Waals surface area (Å²) in [5.74, 6) is 0.889. The molecule has 2 rings (SSSR count). The van der Waals surface area contributed by atoms with Crippen LogP contribution in [0, 0.1) is 5.92 Å². The molecule has 0 aromatic heterocycles. The molecule has 92 valence electrons. The number of rotatable bonds is 3. The molecule has 0 N–H and O–H groups in total. The predicted molar refractivity (Wildman–Crippen MR) is 66.5 cm³/mol. The van der Waals surface area contributed by atoms with Crippen molar-refractivity contribution in [2.75, 3.05) is 13.1 Å². The van der Waals surface area contributed by atoms with Crippen molar-refractivity contribution in [2.45, 2.75) is 64.3 Å². The first-order valence-electron chi connectivity index (χ1n) is 6.87. The highest BCUT2D eigenvalue weighted by molar-refractivity contribution is 5.83. The van der Waals surface area contributed by atoms with Crippen LogP contribution >= 0.6 is 0 Å². The van der Waals surface area contributed by atoms with Crippen LogP contribution in [0.15, 0.2) is 0 Å². The van der Waals surface area contributed by atoms with Gasteiger partial charge in [0.1, 0.15) is 5.78 Å². The van der Waals surface area contributed by atoms with Gasteiger partial charge in [0.05, 0.1) is 6.54 Å². The zero-order chi connectivity index (χ0) is 11.6. The molecule has 0 aromatic rings. The Morgan fingerprint density at radius 3 is 2.44 bits per heavy atom. The summed E-state index contributed by atoms with van der Waals surface area (Å²) in [5.41, 5.74) is 0.254. The van der Waals surface area contributed by atoms with Crippen LogP contribution in [0.3, 0.4) is 0 Å².